The molecule has 1 aliphatic heterocycles. The van der Waals surface area contributed by atoms with Crippen LogP contribution in [0.2, 0.25) is 0 Å². The van der Waals surface area contributed by atoms with Crippen LogP contribution < -0.4 is 5.32 Å². The fourth-order valence-electron chi connectivity index (χ4n) is 1.76. The fourth-order valence-corrected chi connectivity index (χ4v) is 1.76. The van der Waals surface area contributed by atoms with Gasteiger partial charge in [0.05, 0.1) is 19.3 Å². The molecule has 1 aliphatic rings. The predicted molar refractivity (Wildman–Crippen MR) is 58.0 cm³/mol. The van der Waals surface area contributed by atoms with Gasteiger partial charge in [-0.3, -0.25) is 9.69 Å². The SMILES string of the molecule is CCOC(=O)C1CNCCN1CC(O)CO. The molecule has 6 nitrogen and oxygen atoms in total. The van der Waals surface area contributed by atoms with Crippen molar-refractivity contribution in [3.05, 3.63) is 0 Å². The normalized spacial score (nSPS) is 24.1. The predicted octanol–water partition coefficient (Wildman–Crippen LogP) is -1.82. The maximum Gasteiger partial charge on any atom is 0.324 e. The standard InChI is InChI=1S/C10H20N2O4/c1-2-16-10(15)9-5-11-3-4-12(9)6-8(14)7-13/h8-9,11,13-14H,2-7H2,1H3. The lowest BCUT2D eigenvalue weighted by Gasteiger charge is -2.35. The van der Waals surface area contributed by atoms with Gasteiger partial charge in [0, 0.05) is 26.2 Å². The Morgan fingerprint density at radius 1 is 1.69 bits per heavy atom. The van der Waals surface area contributed by atoms with E-state index in [-0.39, 0.29) is 18.6 Å². The Bertz CT molecular complexity index is 225. The highest BCUT2D eigenvalue weighted by atomic mass is 16.5. The van der Waals surface area contributed by atoms with Gasteiger partial charge in [-0.15, -0.1) is 0 Å². The van der Waals surface area contributed by atoms with Gasteiger partial charge >= 0.3 is 5.97 Å². The molecule has 3 N–H and O–H groups in total. The van der Waals surface area contributed by atoms with Crippen molar-refractivity contribution in [2.45, 2.75) is 19.1 Å². The first-order chi connectivity index (χ1) is 7.69. The molecule has 0 aromatic carbocycles. The van der Waals surface area contributed by atoms with Crippen LogP contribution in [0.25, 0.3) is 0 Å². The summed E-state index contributed by atoms with van der Waals surface area (Å²) in [7, 11) is 0. The zero-order valence-electron chi connectivity index (χ0n) is 9.56. The van der Waals surface area contributed by atoms with E-state index in [2.05, 4.69) is 5.32 Å². The van der Waals surface area contributed by atoms with Gasteiger partial charge in [-0.2, -0.15) is 0 Å². The Morgan fingerprint density at radius 2 is 2.44 bits per heavy atom. The summed E-state index contributed by atoms with van der Waals surface area (Å²) in [5, 5.41) is 21.3. The van der Waals surface area contributed by atoms with Crippen LogP contribution in [-0.2, 0) is 9.53 Å². The number of hydrogen-bond acceptors (Lipinski definition) is 6. The smallest absolute Gasteiger partial charge is 0.324 e. The average molecular weight is 232 g/mol. The van der Waals surface area contributed by atoms with Crippen molar-refractivity contribution in [3.63, 3.8) is 0 Å². The molecular weight excluding hydrogens is 212 g/mol. The maximum atomic E-state index is 11.6. The van der Waals surface area contributed by atoms with E-state index in [1.54, 1.807) is 6.92 Å². The van der Waals surface area contributed by atoms with Crippen molar-refractivity contribution in [3.8, 4) is 0 Å². The van der Waals surface area contributed by atoms with Crippen molar-refractivity contribution < 1.29 is 19.7 Å². The minimum Gasteiger partial charge on any atom is -0.465 e. The third-order valence-corrected chi connectivity index (χ3v) is 2.57. The largest absolute Gasteiger partial charge is 0.465 e. The first-order valence-electron chi connectivity index (χ1n) is 5.59. The van der Waals surface area contributed by atoms with E-state index in [9.17, 15) is 9.90 Å². The van der Waals surface area contributed by atoms with E-state index in [1.807, 2.05) is 4.90 Å². The molecule has 0 spiro atoms. The van der Waals surface area contributed by atoms with Gasteiger partial charge in [0.1, 0.15) is 6.04 Å². The lowest BCUT2D eigenvalue weighted by molar-refractivity contribution is -0.150. The fraction of sp³-hybridized carbons (Fsp3) is 0.900. The van der Waals surface area contributed by atoms with Crippen LogP contribution >= 0.6 is 0 Å². The van der Waals surface area contributed by atoms with Crippen LogP contribution in [0.5, 0.6) is 0 Å². The molecule has 2 unspecified atom stereocenters. The second-order valence-corrected chi connectivity index (χ2v) is 3.80. The number of nitrogens with zero attached hydrogens (tertiary/aromatic N) is 1. The molecular formula is C10H20N2O4. The molecule has 0 amide bonds. The lowest BCUT2D eigenvalue weighted by atomic mass is 10.1. The molecule has 16 heavy (non-hydrogen) atoms. The second-order valence-electron chi connectivity index (χ2n) is 3.80. The molecule has 0 aromatic heterocycles. The Hall–Kier alpha value is -0.690. The number of hydrogen-bond donors (Lipinski definition) is 3. The van der Waals surface area contributed by atoms with Crippen molar-refractivity contribution >= 4 is 5.97 Å². The number of esters is 1. The number of carbonyl (C=O) groups excluding carboxylic acids is 1. The van der Waals surface area contributed by atoms with Crippen LogP contribution in [0.3, 0.4) is 0 Å². The summed E-state index contributed by atoms with van der Waals surface area (Å²) >= 11 is 0. The number of β-amino-alcohol motifs (C(OH)–C–C–N with tert-alkyl or cyclic N) is 1. The minimum atomic E-state index is -0.810. The number of nitrogens with one attached hydrogen (secondary N) is 1. The molecule has 6 heteroatoms. The first kappa shape index (κ1) is 13.4. The van der Waals surface area contributed by atoms with Gasteiger partial charge in [-0.05, 0) is 6.92 Å². The lowest BCUT2D eigenvalue weighted by Crippen LogP contribution is -2.57. The summed E-state index contributed by atoms with van der Waals surface area (Å²) in [4.78, 5) is 13.5. The highest BCUT2D eigenvalue weighted by Gasteiger charge is 2.30. The quantitative estimate of drug-likeness (QED) is 0.484. The number of rotatable bonds is 5. The number of aliphatic hydroxyl groups excluding tert-OH is 2. The molecule has 1 heterocycles. The second kappa shape index (κ2) is 6.80. The number of ether oxygens (including phenoxy) is 1. The van der Waals surface area contributed by atoms with Crippen molar-refractivity contribution in [1.29, 1.82) is 0 Å². The summed E-state index contributed by atoms with van der Waals surface area (Å²) < 4.78 is 4.96. The molecule has 1 saturated heterocycles. The van der Waals surface area contributed by atoms with Crippen molar-refractivity contribution in [2.75, 3.05) is 39.4 Å². The van der Waals surface area contributed by atoms with E-state index < -0.39 is 6.10 Å². The zero-order valence-corrected chi connectivity index (χ0v) is 9.56. The van der Waals surface area contributed by atoms with Gasteiger partial charge in [0.2, 0.25) is 0 Å². The van der Waals surface area contributed by atoms with Gasteiger partial charge in [-0.25, -0.2) is 0 Å². The van der Waals surface area contributed by atoms with E-state index in [1.165, 1.54) is 0 Å². The Balaban J connectivity index is 2.52. The van der Waals surface area contributed by atoms with Crippen LogP contribution in [0.4, 0.5) is 0 Å². The van der Waals surface area contributed by atoms with Crippen LogP contribution in [0, 0.1) is 0 Å². The molecule has 0 saturated carbocycles. The summed E-state index contributed by atoms with van der Waals surface area (Å²) in [6.45, 7) is 4.08. The Morgan fingerprint density at radius 3 is 3.06 bits per heavy atom. The third kappa shape index (κ3) is 3.71. The average Bonchev–Trinajstić information content (AvgIpc) is 2.30. The molecule has 1 rings (SSSR count). The minimum absolute atomic E-state index is 0.278. The number of piperazine rings is 1. The summed E-state index contributed by atoms with van der Waals surface area (Å²) in [6.07, 6.45) is -0.810. The first-order valence-corrected chi connectivity index (χ1v) is 5.59. The van der Waals surface area contributed by atoms with Gasteiger partial charge in [-0.1, -0.05) is 0 Å². The Kier molecular flexibility index (Phi) is 5.68. The molecule has 0 aliphatic carbocycles. The molecule has 2 atom stereocenters. The summed E-state index contributed by atoms with van der Waals surface area (Å²) in [5.41, 5.74) is 0. The molecule has 0 bridgehead atoms. The van der Waals surface area contributed by atoms with E-state index in [0.29, 0.717) is 26.2 Å². The highest BCUT2D eigenvalue weighted by Crippen LogP contribution is 2.06. The highest BCUT2D eigenvalue weighted by molar-refractivity contribution is 5.76. The molecule has 0 radical (unpaired) electrons. The van der Waals surface area contributed by atoms with Crippen LogP contribution in [0.15, 0.2) is 0 Å². The van der Waals surface area contributed by atoms with Gasteiger partial charge < -0.3 is 20.3 Å². The van der Waals surface area contributed by atoms with Crippen molar-refractivity contribution in [2.24, 2.45) is 0 Å². The number of aliphatic hydroxyl groups is 2. The summed E-state index contributed by atoms with van der Waals surface area (Å²) in [5.74, 6) is -0.278. The van der Waals surface area contributed by atoms with E-state index in [4.69, 9.17) is 9.84 Å². The van der Waals surface area contributed by atoms with E-state index in [0.717, 1.165) is 6.54 Å². The topological polar surface area (TPSA) is 82.0 Å². The van der Waals surface area contributed by atoms with Crippen molar-refractivity contribution in [1.82, 2.24) is 10.2 Å². The van der Waals surface area contributed by atoms with Crippen LogP contribution in [0.1, 0.15) is 6.92 Å². The molecule has 0 aromatic rings. The molecule has 94 valence electrons. The summed E-state index contributed by atoms with van der Waals surface area (Å²) in [6, 6.07) is -0.366. The Labute approximate surface area is 95.2 Å². The maximum absolute atomic E-state index is 11.6. The van der Waals surface area contributed by atoms with Gasteiger partial charge in [0.15, 0.2) is 0 Å². The zero-order chi connectivity index (χ0) is 12.0. The van der Waals surface area contributed by atoms with Crippen LogP contribution in [-0.4, -0.2) is 72.6 Å². The van der Waals surface area contributed by atoms with Gasteiger partial charge in [0.25, 0.3) is 0 Å². The molecule has 1 fully saturated rings. The van der Waals surface area contributed by atoms with E-state index >= 15 is 0 Å². The monoisotopic (exact) mass is 232 g/mol. The number of carbonyl (C=O) groups is 1. The third-order valence-electron chi connectivity index (χ3n) is 2.57.